The maximum atomic E-state index is 15.1. The average molecular weight is 1990 g/mol. The van der Waals surface area contributed by atoms with E-state index in [-0.39, 0.29) is 39.0 Å². The van der Waals surface area contributed by atoms with E-state index in [1.54, 1.807) is 88.4 Å². The number of amides is 10. The van der Waals surface area contributed by atoms with Crippen molar-refractivity contribution < 1.29 is 75.1 Å². The number of nitrogens with zero attached hydrogens (tertiary/aromatic N) is 2. The topological polar surface area (TPSA) is 909 Å². The van der Waals surface area contributed by atoms with Crippen molar-refractivity contribution >= 4 is 125 Å². The molecule has 6 atom stereocenters. The molecule has 0 bridgehead atoms. The van der Waals surface area contributed by atoms with Gasteiger partial charge >= 0.3 is 62.5 Å². The van der Waals surface area contributed by atoms with Gasteiger partial charge in [-0.05, 0) is 60.5 Å². The quantitative estimate of drug-likeness (QED) is 0.00427. The zero-order chi connectivity index (χ0) is 99.2. The number of carbonyl (C=O) groups excluding carboxylic acids is 12. The van der Waals surface area contributed by atoms with E-state index in [4.69, 9.17) is 11.7 Å². The first-order chi connectivity index (χ1) is 63.6. The third kappa shape index (κ3) is 54.4. The van der Waals surface area contributed by atoms with Crippen LogP contribution in [0.15, 0.2) is 60.7 Å². The molecule has 2 aromatic rings. The second kappa shape index (κ2) is 75.0. The molecule has 2 aromatic carbocycles. The van der Waals surface area contributed by atoms with Gasteiger partial charge in [0.2, 0.25) is 35.2 Å². The molecule has 70 nitrogen and oxygen atoms in total. The zero-order valence-corrected chi connectivity index (χ0v) is 76.2. The number of rotatable bonds is 68. The van der Waals surface area contributed by atoms with Crippen LogP contribution >= 0.6 is 42.8 Å². The number of nitrogens with one attached hydrogen (secondary N) is 56. The summed E-state index contributed by atoms with van der Waals surface area (Å²) >= 11 is 8.06. The number of halogens is 4. The molecule has 0 aliphatic carbocycles. The normalized spacial score (nSPS) is 14.5. The fraction of sp³-hybridized carbons (Fsp3) is 0.547. The van der Waals surface area contributed by atoms with Crippen molar-refractivity contribution in [2.75, 3.05) is 13.1 Å². The Labute approximate surface area is 773 Å². The first-order valence-electron chi connectivity index (χ1n) is 38.8. The second-order valence-electron chi connectivity index (χ2n) is 26.9. The van der Waals surface area contributed by atoms with E-state index in [9.17, 15) is 57.5 Å². The van der Waals surface area contributed by atoms with Gasteiger partial charge in [0.15, 0.2) is 0 Å². The van der Waals surface area contributed by atoms with E-state index in [0.717, 1.165) is 9.80 Å². The molecule has 756 valence electrons. The molecule has 0 spiro atoms. The van der Waals surface area contributed by atoms with Crippen molar-refractivity contribution in [3.05, 3.63) is 83.5 Å². The van der Waals surface area contributed by atoms with E-state index in [1.165, 1.54) is 33.6 Å². The van der Waals surface area contributed by atoms with E-state index >= 15 is 17.6 Å². The summed E-state index contributed by atoms with van der Waals surface area (Å²) in [6.45, 7) is 13.6. The van der Waals surface area contributed by atoms with Crippen molar-refractivity contribution in [3.8, 4) is 0 Å². The molecular formula is C53H122B2F4N58O12P2S2-4. The first-order valence-corrected chi connectivity index (χ1v) is 41.0. The third-order valence-corrected chi connectivity index (χ3v) is 15.9. The Kier molecular flexibility index (Phi) is 69.3. The van der Waals surface area contributed by atoms with E-state index in [0.29, 0.717) is 29.7 Å². The van der Waals surface area contributed by atoms with Crippen LogP contribution in [0.3, 0.4) is 0 Å². The van der Waals surface area contributed by atoms with Gasteiger partial charge in [-0.2, -0.15) is 261 Å². The van der Waals surface area contributed by atoms with Crippen LogP contribution in [-0.4, -0.2) is 153 Å². The summed E-state index contributed by atoms with van der Waals surface area (Å²) in [5, 5.41) is 13.4. The first kappa shape index (κ1) is 123. The van der Waals surface area contributed by atoms with E-state index < -0.39 is 142 Å². The van der Waals surface area contributed by atoms with E-state index in [2.05, 4.69) is 318 Å². The second-order valence-corrected chi connectivity index (χ2v) is 30.0. The molecule has 0 saturated carbocycles. The fourth-order valence-electron chi connectivity index (χ4n) is 9.97. The van der Waals surface area contributed by atoms with Crippen LogP contribution in [0, 0.1) is 23.7 Å². The van der Waals surface area contributed by atoms with Crippen LogP contribution in [0.1, 0.15) is 92.2 Å². The van der Waals surface area contributed by atoms with Crippen LogP contribution in [0.5, 0.6) is 0 Å². The monoisotopic (exact) mass is 1990 g/mol. The summed E-state index contributed by atoms with van der Waals surface area (Å²) in [4.78, 5) is 158. The number of alkyl halides is 4. The van der Waals surface area contributed by atoms with Crippen molar-refractivity contribution in [1.29, 1.82) is 0 Å². The molecule has 2 unspecified atom stereocenters. The van der Waals surface area contributed by atoms with Gasteiger partial charge < -0.3 is 73.6 Å². The van der Waals surface area contributed by atoms with Gasteiger partial charge in [0, 0.05) is 31.9 Å². The third-order valence-electron chi connectivity index (χ3n) is 15.9. The summed E-state index contributed by atoms with van der Waals surface area (Å²) < 4.78 is 60.5. The molecule has 0 aromatic heterocycles. The Bertz CT molecular complexity index is 3420. The molecule has 10 amide bonds. The van der Waals surface area contributed by atoms with Crippen LogP contribution in [-0.2, 0) is 70.6 Å². The Hall–Kier alpha value is -8.16. The molecule has 2 fully saturated rings. The molecule has 4 rings (SSSR count). The number of benzene rings is 2. The standard InChI is InChI=1S/2C26H59F2N29O6.CH5BPS.BHPS/c2*1-14(2)18(20(58)26(27,28)25(63)30-13-16-9-6-5-7-10-16)31-21(59)17-11-8-12-57(17)24(62)19(15(3)4)32-22(60)23(61)33-35-37-39-41-43-45-47-49-51-53-55-56-54-52-50-48-46-44-42-40-38-36-34-29;1-2(3)4;2-1-3/h2*5-7,9-10,14-15,17-19H,8,11-13H2,1-4H3,(H29,29,30,31,32,33,34,35,36,37,38,39,40,41,42,43,44,45,46,47,48,49,50,51,52,53,54,55,56,59,60,61,63);3-4H,1H3;2H/q;;2*-1/p-2/t2*17?,18-,19-;;/m00../s1. The van der Waals surface area contributed by atoms with Crippen molar-refractivity contribution in [2.45, 2.75) is 149 Å². The summed E-state index contributed by atoms with van der Waals surface area (Å²) in [5.74, 6) is -12.6. The Morgan fingerprint density at radius 3 is 0.812 bits per heavy atom. The molecule has 2 heterocycles. The van der Waals surface area contributed by atoms with Crippen LogP contribution in [0.4, 0.5) is 17.6 Å². The van der Waals surface area contributed by atoms with Gasteiger partial charge in [-0.25, -0.2) is 0 Å². The predicted molar refractivity (Wildman–Crippen MR) is 473 cm³/mol. The number of ketones is 2. The van der Waals surface area contributed by atoms with Crippen molar-refractivity contribution in [2.24, 2.45) is 23.7 Å². The molecule has 2 saturated heterocycles. The van der Waals surface area contributed by atoms with Gasteiger partial charge in [0.1, 0.15) is 24.2 Å². The van der Waals surface area contributed by atoms with Crippen LogP contribution in [0.2, 0.25) is 6.82 Å². The summed E-state index contributed by atoms with van der Waals surface area (Å²) in [5.41, 5.74) is 114. The number of hydrazine groups is 46. The Morgan fingerprint density at radius 2 is 0.602 bits per heavy atom. The Balaban J connectivity index is 0.00000124. The molecular weight excluding hydrogens is 1860 g/mol. The molecule has 2 aliphatic heterocycles. The number of hydrogen-bond acceptors (Lipinski definition) is 60. The predicted octanol–water partition coefficient (Wildman–Crippen LogP) is -19.0. The fourth-order valence-corrected chi connectivity index (χ4v) is 9.97. The van der Waals surface area contributed by atoms with Gasteiger partial charge in [0.05, 0.1) is 12.1 Å². The summed E-state index contributed by atoms with van der Waals surface area (Å²) in [7, 11) is 6.05. The number of thiol groups is 1. The van der Waals surface area contributed by atoms with Gasteiger partial charge in [-0.3, -0.25) is 80.9 Å². The molecule has 56 N–H and O–H groups in total. The number of Topliss-reactive ketones (excluding diaryl/α,β-unsaturated/α-hetero) is 2. The van der Waals surface area contributed by atoms with Gasteiger partial charge in [-0.15, -0.1) is 6.82 Å². The van der Waals surface area contributed by atoms with Gasteiger partial charge in [-0.1, -0.05) is 116 Å². The molecule has 80 heteroatoms. The van der Waals surface area contributed by atoms with Gasteiger partial charge in [0.25, 0.3) is 11.8 Å². The number of likely N-dealkylation sites (tertiary alicyclic amines) is 2. The minimum atomic E-state index is -4.48. The maximum absolute atomic E-state index is 15.1. The molecule has 0 radical (unpaired) electrons. The number of hydrogen-bond donors (Lipinski definition) is 55. The van der Waals surface area contributed by atoms with Crippen LogP contribution < -0.4 is 297 Å². The summed E-state index contributed by atoms with van der Waals surface area (Å²) in [6.07, 6.45) is 0.922. The molecule has 133 heavy (non-hydrogen) atoms. The minimum absolute atomic E-state index is 0.0641. The van der Waals surface area contributed by atoms with Crippen LogP contribution in [0.25, 0.3) is 11.7 Å². The molecule has 2 aliphatic rings. The Morgan fingerprint density at radius 1 is 0.391 bits per heavy atom. The zero-order valence-electron chi connectivity index (χ0n) is 72.5. The van der Waals surface area contributed by atoms with Crippen molar-refractivity contribution in [3.63, 3.8) is 0 Å². The van der Waals surface area contributed by atoms with E-state index in [1.807, 2.05) is 28.7 Å². The average Bonchev–Trinajstić information content (AvgIpc) is 1.40. The SMILES string of the molecule is CB([PH-])S.CC(C)[C@H](NC(=O)C(=O)NNNNNNNNNNNNNNNNNNNNNNNN[NH-])C(=O)N1CCCC1C(=O)N[C@H](C(=O)C(F)(F)C(=O)NCc1ccccc1)C(C)C.CC(C)[C@H](NC(=O)C(=O)NNNNNNNNNNNNNNNNNNNNNNNN[NH-])C(=O)N1CCCC1C(=O)N[C@H](C(=O)C(F)(F)C(=O)NCc1ccccc1)C(C)C.[PH-]B=S. The summed E-state index contributed by atoms with van der Waals surface area (Å²) in [6, 6.07) is 7.97. The number of carbonyl (C=O) groups is 12. The van der Waals surface area contributed by atoms with Crippen molar-refractivity contribution in [1.82, 2.24) is 307 Å².